The number of nitriles is 1. The quantitative estimate of drug-likeness (QED) is 0.811. The molecule has 0 aliphatic rings. The molecular weight excluding hydrogens is 294 g/mol. The van der Waals surface area contributed by atoms with Crippen LogP contribution in [-0.4, -0.2) is 28.0 Å². The Kier molecular flexibility index (Phi) is 4.70. The molecule has 1 aromatic carbocycles. The smallest absolute Gasteiger partial charge is 0.341 e. The molecule has 1 aromatic heterocycles. The Morgan fingerprint density at radius 3 is 2.74 bits per heavy atom. The van der Waals surface area contributed by atoms with E-state index in [4.69, 9.17) is 9.47 Å². The van der Waals surface area contributed by atoms with Gasteiger partial charge >= 0.3 is 5.97 Å². The van der Waals surface area contributed by atoms with Crippen LogP contribution in [0.2, 0.25) is 0 Å². The molecule has 0 bridgehead atoms. The lowest BCUT2D eigenvalue weighted by atomic mass is 10.1. The average molecular weight is 313 g/mol. The monoisotopic (exact) mass is 313 g/mol. The maximum atomic E-state index is 11.7. The number of benzene rings is 1. The highest BCUT2D eigenvalue weighted by Gasteiger charge is 2.16. The summed E-state index contributed by atoms with van der Waals surface area (Å²) in [4.78, 5) is 11.7. The molecule has 0 atom stereocenters. The largest absolute Gasteiger partial charge is 0.487 e. The minimum Gasteiger partial charge on any atom is -0.487 e. The van der Waals surface area contributed by atoms with Crippen LogP contribution >= 0.6 is 0 Å². The molecule has 23 heavy (non-hydrogen) atoms. The van der Waals surface area contributed by atoms with Crippen molar-refractivity contribution in [1.82, 2.24) is 9.78 Å². The van der Waals surface area contributed by atoms with Crippen LogP contribution in [0.1, 0.15) is 43.6 Å². The molecule has 0 radical (unpaired) electrons. The van der Waals surface area contributed by atoms with Gasteiger partial charge < -0.3 is 9.47 Å². The lowest BCUT2D eigenvalue weighted by molar-refractivity contribution is 0.0526. The predicted molar refractivity (Wildman–Crippen MR) is 84.6 cm³/mol. The van der Waals surface area contributed by atoms with Crippen molar-refractivity contribution in [2.45, 2.75) is 33.3 Å². The third-order valence-corrected chi connectivity index (χ3v) is 2.86. The van der Waals surface area contributed by atoms with E-state index < -0.39 is 11.6 Å². The van der Waals surface area contributed by atoms with Crippen LogP contribution in [0.25, 0.3) is 5.69 Å². The summed E-state index contributed by atoms with van der Waals surface area (Å²) in [6, 6.07) is 7.30. The molecule has 0 spiro atoms. The second-order valence-electron chi connectivity index (χ2n) is 5.90. The lowest BCUT2D eigenvalue weighted by Crippen LogP contribution is -2.23. The van der Waals surface area contributed by atoms with Crippen molar-refractivity contribution in [3.05, 3.63) is 41.7 Å². The third-order valence-electron chi connectivity index (χ3n) is 2.86. The molecule has 0 aliphatic carbocycles. The van der Waals surface area contributed by atoms with E-state index >= 15 is 0 Å². The van der Waals surface area contributed by atoms with Crippen LogP contribution in [0.3, 0.4) is 0 Å². The Morgan fingerprint density at radius 2 is 2.13 bits per heavy atom. The average Bonchev–Trinajstić information content (AvgIpc) is 2.96. The minimum atomic E-state index is -0.424. The van der Waals surface area contributed by atoms with Crippen LogP contribution in [0.5, 0.6) is 5.75 Å². The molecule has 0 fully saturated rings. The first kappa shape index (κ1) is 16.6. The van der Waals surface area contributed by atoms with Gasteiger partial charge in [-0.3, -0.25) is 0 Å². The van der Waals surface area contributed by atoms with E-state index in [0.717, 1.165) is 0 Å². The molecule has 0 saturated heterocycles. The van der Waals surface area contributed by atoms with Crippen molar-refractivity contribution in [2.75, 3.05) is 6.61 Å². The van der Waals surface area contributed by atoms with E-state index in [-0.39, 0.29) is 0 Å². The summed E-state index contributed by atoms with van der Waals surface area (Å²) in [6.45, 7) is 7.81. The maximum absolute atomic E-state index is 11.7. The summed E-state index contributed by atoms with van der Waals surface area (Å²) >= 11 is 0. The molecule has 0 amide bonds. The fourth-order valence-corrected chi connectivity index (χ4v) is 1.95. The van der Waals surface area contributed by atoms with Gasteiger partial charge in [-0.25, -0.2) is 9.48 Å². The van der Waals surface area contributed by atoms with Crippen molar-refractivity contribution in [1.29, 1.82) is 5.26 Å². The summed E-state index contributed by atoms with van der Waals surface area (Å²) in [5.41, 5.74) is 1.04. The number of hydrogen-bond donors (Lipinski definition) is 0. The number of hydrogen-bond acceptors (Lipinski definition) is 5. The van der Waals surface area contributed by atoms with Gasteiger partial charge in [0.1, 0.15) is 17.4 Å². The zero-order valence-corrected chi connectivity index (χ0v) is 13.7. The maximum Gasteiger partial charge on any atom is 0.341 e. The number of carbonyl (C=O) groups excluding carboxylic acids is 1. The molecule has 0 aliphatic heterocycles. The number of rotatable bonds is 4. The Morgan fingerprint density at radius 1 is 1.39 bits per heavy atom. The number of esters is 1. The second-order valence-corrected chi connectivity index (χ2v) is 5.90. The highest BCUT2D eigenvalue weighted by atomic mass is 16.5. The van der Waals surface area contributed by atoms with Crippen LogP contribution in [0.4, 0.5) is 0 Å². The zero-order chi connectivity index (χ0) is 17.0. The molecule has 0 saturated carbocycles. The predicted octanol–water partition coefficient (Wildman–Crippen LogP) is 3.10. The Labute approximate surface area is 135 Å². The Balaban J connectivity index is 2.31. The van der Waals surface area contributed by atoms with E-state index in [1.807, 2.05) is 20.8 Å². The highest BCUT2D eigenvalue weighted by molar-refractivity contribution is 5.88. The van der Waals surface area contributed by atoms with Gasteiger partial charge in [-0.2, -0.15) is 10.4 Å². The van der Waals surface area contributed by atoms with E-state index in [0.29, 0.717) is 29.2 Å². The molecule has 2 rings (SSSR count). The van der Waals surface area contributed by atoms with Crippen LogP contribution in [-0.2, 0) is 4.74 Å². The highest BCUT2D eigenvalue weighted by Crippen LogP contribution is 2.25. The van der Waals surface area contributed by atoms with Crippen LogP contribution < -0.4 is 4.74 Å². The summed E-state index contributed by atoms with van der Waals surface area (Å²) in [6.07, 6.45) is 3.00. The summed E-state index contributed by atoms with van der Waals surface area (Å²) in [7, 11) is 0. The van der Waals surface area contributed by atoms with Gasteiger partial charge in [0.2, 0.25) is 0 Å². The normalized spacial score (nSPS) is 10.9. The zero-order valence-electron chi connectivity index (χ0n) is 13.7. The topological polar surface area (TPSA) is 77.1 Å². The van der Waals surface area contributed by atoms with Gasteiger partial charge in [0.15, 0.2) is 0 Å². The van der Waals surface area contributed by atoms with Gasteiger partial charge in [0, 0.05) is 6.20 Å². The van der Waals surface area contributed by atoms with Crippen molar-refractivity contribution < 1.29 is 14.3 Å². The van der Waals surface area contributed by atoms with Crippen molar-refractivity contribution >= 4 is 5.97 Å². The lowest BCUT2D eigenvalue weighted by Gasteiger charge is -2.22. The van der Waals surface area contributed by atoms with Crippen molar-refractivity contribution in [3.8, 4) is 17.5 Å². The first-order valence-corrected chi connectivity index (χ1v) is 7.29. The van der Waals surface area contributed by atoms with Gasteiger partial charge in [-0.15, -0.1) is 0 Å². The van der Waals surface area contributed by atoms with Gasteiger partial charge in [0.25, 0.3) is 0 Å². The molecule has 0 N–H and O–H groups in total. The molecule has 120 valence electrons. The second kappa shape index (κ2) is 6.53. The SMILES string of the molecule is CCOC(=O)c1cnn(-c2ccc(OC(C)(C)C)c(C#N)c2)c1. The fourth-order valence-electron chi connectivity index (χ4n) is 1.95. The van der Waals surface area contributed by atoms with E-state index in [2.05, 4.69) is 11.2 Å². The minimum absolute atomic E-state index is 0.307. The van der Waals surface area contributed by atoms with Gasteiger partial charge in [-0.1, -0.05) is 0 Å². The van der Waals surface area contributed by atoms with Gasteiger partial charge in [-0.05, 0) is 45.9 Å². The summed E-state index contributed by atoms with van der Waals surface area (Å²) in [5.74, 6) is 0.0912. The Hall–Kier alpha value is -2.81. The number of ether oxygens (including phenoxy) is 2. The first-order valence-electron chi connectivity index (χ1n) is 7.29. The van der Waals surface area contributed by atoms with Crippen LogP contribution in [0.15, 0.2) is 30.6 Å². The standard InChI is InChI=1S/C17H19N3O3/c1-5-22-16(21)13-10-19-20(11-13)14-6-7-15(12(8-14)9-18)23-17(2,3)4/h6-8,10-11H,5H2,1-4H3. The summed E-state index contributed by atoms with van der Waals surface area (Å²) < 4.78 is 12.2. The van der Waals surface area contributed by atoms with E-state index in [1.54, 1.807) is 31.3 Å². The molecule has 0 unspecified atom stereocenters. The van der Waals surface area contributed by atoms with Gasteiger partial charge in [0.05, 0.1) is 29.6 Å². The number of carbonyl (C=O) groups is 1. The van der Waals surface area contributed by atoms with Crippen molar-refractivity contribution in [2.24, 2.45) is 0 Å². The molecule has 6 heteroatoms. The molecule has 2 aromatic rings. The molecular formula is C17H19N3O3. The molecule has 6 nitrogen and oxygen atoms in total. The number of nitrogens with zero attached hydrogens (tertiary/aromatic N) is 3. The first-order chi connectivity index (χ1) is 10.8. The summed E-state index contributed by atoms with van der Waals surface area (Å²) in [5, 5.41) is 13.5. The van der Waals surface area contributed by atoms with E-state index in [1.165, 1.54) is 10.9 Å². The van der Waals surface area contributed by atoms with Crippen molar-refractivity contribution in [3.63, 3.8) is 0 Å². The van der Waals surface area contributed by atoms with E-state index in [9.17, 15) is 10.1 Å². The molecule has 1 heterocycles. The number of aromatic nitrogens is 2. The Bertz CT molecular complexity index is 751. The van der Waals surface area contributed by atoms with Crippen LogP contribution in [0, 0.1) is 11.3 Å². The third kappa shape index (κ3) is 4.10. The fraction of sp³-hybridized carbons (Fsp3) is 0.353.